The van der Waals surface area contributed by atoms with Crippen molar-refractivity contribution in [3.8, 4) is 0 Å². The summed E-state index contributed by atoms with van der Waals surface area (Å²) in [5.74, 6) is -0.258. The van der Waals surface area contributed by atoms with Crippen LogP contribution in [-0.2, 0) is 25.5 Å². The second-order valence-electron chi connectivity index (χ2n) is 5.58. The maximum Gasteiger partial charge on any atom is 0.322 e. The van der Waals surface area contributed by atoms with Gasteiger partial charge < -0.3 is 20.9 Å². The quantitative estimate of drug-likeness (QED) is 0.763. The van der Waals surface area contributed by atoms with Gasteiger partial charge in [-0.3, -0.25) is 9.59 Å². The summed E-state index contributed by atoms with van der Waals surface area (Å²) in [6.07, 6.45) is 1.21. The third-order valence-electron chi connectivity index (χ3n) is 3.03. The summed E-state index contributed by atoms with van der Waals surface area (Å²) < 4.78 is 8.97. The summed E-state index contributed by atoms with van der Waals surface area (Å²) in [4.78, 5) is 21.7. The van der Waals surface area contributed by atoms with Crippen molar-refractivity contribution >= 4 is 11.9 Å². The van der Waals surface area contributed by atoms with E-state index in [0.29, 0.717) is 18.8 Å². The Bertz CT molecular complexity index is 463. The van der Waals surface area contributed by atoms with Crippen molar-refractivity contribution in [2.45, 2.75) is 38.8 Å². The lowest BCUT2D eigenvalue weighted by atomic mass is 10.1. The number of ether oxygens (including phenoxy) is 2. The lowest BCUT2D eigenvalue weighted by Crippen LogP contribution is -2.33. The zero-order valence-corrected chi connectivity index (χ0v) is 14.3. The van der Waals surface area contributed by atoms with Crippen LogP contribution in [0.3, 0.4) is 0 Å². The predicted octanol–water partition coefficient (Wildman–Crippen LogP) is 1.26. The summed E-state index contributed by atoms with van der Waals surface area (Å²) in [6, 6.07) is 8.61. The summed E-state index contributed by atoms with van der Waals surface area (Å²) in [5, 5.41) is 0. The topological polar surface area (TPSA) is 105 Å². The monoisotopic (exact) mass is 324 g/mol. The van der Waals surface area contributed by atoms with E-state index >= 15 is 0 Å². The van der Waals surface area contributed by atoms with E-state index in [1.165, 1.54) is 14.2 Å². The van der Waals surface area contributed by atoms with Crippen LogP contribution < -0.4 is 11.5 Å². The van der Waals surface area contributed by atoms with Gasteiger partial charge in [0, 0.05) is 0 Å². The molecule has 0 amide bonds. The average Bonchev–Trinajstić information content (AvgIpc) is 2.54. The van der Waals surface area contributed by atoms with Gasteiger partial charge in [0.2, 0.25) is 0 Å². The first-order valence-corrected chi connectivity index (χ1v) is 7.52. The van der Waals surface area contributed by atoms with Crippen LogP contribution in [-0.4, -0.2) is 38.2 Å². The minimum Gasteiger partial charge on any atom is -0.468 e. The molecule has 0 fully saturated rings. The highest BCUT2D eigenvalue weighted by molar-refractivity contribution is 5.75. The Kier molecular flexibility index (Phi) is 10.7. The van der Waals surface area contributed by atoms with Gasteiger partial charge in [0.1, 0.15) is 12.1 Å². The van der Waals surface area contributed by atoms with Gasteiger partial charge in [0.15, 0.2) is 0 Å². The van der Waals surface area contributed by atoms with Crippen LogP contribution in [0.4, 0.5) is 0 Å². The molecule has 0 aromatic heterocycles. The summed E-state index contributed by atoms with van der Waals surface area (Å²) in [5.41, 5.74) is 12.1. The van der Waals surface area contributed by atoms with Gasteiger partial charge in [-0.25, -0.2) is 0 Å². The number of carbonyl (C=O) groups is 2. The second kappa shape index (κ2) is 11.6. The molecular weight excluding hydrogens is 296 g/mol. The predicted molar refractivity (Wildman–Crippen MR) is 89.6 cm³/mol. The van der Waals surface area contributed by atoms with Crippen LogP contribution in [0, 0.1) is 5.92 Å². The van der Waals surface area contributed by atoms with Crippen LogP contribution in [0.15, 0.2) is 30.3 Å². The first-order chi connectivity index (χ1) is 10.8. The molecule has 130 valence electrons. The minimum absolute atomic E-state index is 0.325. The molecule has 0 aliphatic carbocycles. The van der Waals surface area contributed by atoms with E-state index in [2.05, 4.69) is 9.47 Å². The zero-order valence-electron chi connectivity index (χ0n) is 14.3. The van der Waals surface area contributed by atoms with Crippen molar-refractivity contribution in [3.63, 3.8) is 0 Å². The molecule has 0 heterocycles. The third-order valence-corrected chi connectivity index (χ3v) is 3.03. The summed E-state index contributed by atoms with van der Waals surface area (Å²) in [6.45, 7) is 4.03. The Balaban J connectivity index is 0.000000438. The number of methoxy groups -OCH3 is 2. The lowest BCUT2D eigenvalue weighted by Gasteiger charge is -2.10. The highest BCUT2D eigenvalue weighted by Crippen LogP contribution is 2.03. The first-order valence-electron chi connectivity index (χ1n) is 7.52. The summed E-state index contributed by atoms with van der Waals surface area (Å²) in [7, 11) is 2.69. The molecular formula is C17H28N2O4. The molecule has 0 saturated heterocycles. The number of rotatable bonds is 6. The average molecular weight is 324 g/mol. The Morgan fingerprint density at radius 2 is 1.43 bits per heavy atom. The van der Waals surface area contributed by atoms with Crippen LogP contribution in [0.2, 0.25) is 0 Å². The second-order valence-corrected chi connectivity index (χ2v) is 5.58. The van der Waals surface area contributed by atoms with Gasteiger partial charge in [-0.1, -0.05) is 44.2 Å². The number of nitrogens with two attached hydrogens (primary N) is 2. The number of benzene rings is 1. The van der Waals surface area contributed by atoms with Crippen molar-refractivity contribution in [2.75, 3.05) is 14.2 Å². The van der Waals surface area contributed by atoms with E-state index in [1.807, 2.05) is 44.2 Å². The number of carbonyl (C=O) groups excluding carboxylic acids is 2. The molecule has 23 heavy (non-hydrogen) atoms. The van der Waals surface area contributed by atoms with Gasteiger partial charge >= 0.3 is 11.9 Å². The Labute approximate surface area is 138 Å². The zero-order chi connectivity index (χ0) is 17.8. The molecule has 4 N–H and O–H groups in total. The molecule has 6 heteroatoms. The third kappa shape index (κ3) is 9.65. The van der Waals surface area contributed by atoms with E-state index < -0.39 is 12.1 Å². The molecule has 1 aromatic rings. The van der Waals surface area contributed by atoms with Crippen LogP contribution >= 0.6 is 0 Å². The van der Waals surface area contributed by atoms with Gasteiger partial charge in [0.05, 0.1) is 14.2 Å². The maximum absolute atomic E-state index is 11.0. The standard InChI is InChI=1S/C10H13NO2.C7H15NO2/c1-13-10(12)9(11)7-8-5-3-2-4-6-8;1-5(2)4-6(8)7(9)10-3/h2-6,9H,7,11H2,1H3;5-6H,4,8H2,1-3H3/t9-;6-/m00/s1. The van der Waals surface area contributed by atoms with Gasteiger partial charge in [-0.05, 0) is 24.3 Å². The van der Waals surface area contributed by atoms with Gasteiger partial charge in [0.25, 0.3) is 0 Å². The molecule has 0 saturated carbocycles. The number of esters is 2. The number of hydrogen-bond donors (Lipinski definition) is 2. The fourth-order valence-electron chi connectivity index (χ4n) is 1.86. The molecule has 0 bridgehead atoms. The molecule has 0 aliphatic heterocycles. The Morgan fingerprint density at radius 1 is 0.957 bits per heavy atom. The molecule has 0 unspecified atom stereocenters. The van der Waals surface area contributed by atoms with E-state index in [-0.39, 0.29) is 11.9 Å². The number of hydrogen-bond acceptors (Lipinski definition) is 6. The first kappa shape index (κ1) is 21.1. The normalized spacial score (nSPS) is 12.7. The van der Waals surface area contributed by atoms with Crippen molar-refractivity contribution in [2.24, 2.45) is 17.4 Å². The van der Waals surface area contributed by atoms with Gasteiger partial charge in [-0.15, -0.1) is 0 Å². The Hall–Kier alpha value is -1.92. The van der Waals surface area contributed by atoms with E-state index in [4.69, 9.17) is 11.5 Å². The highest BCUT2D eigenvalue weighted by Gasteiger charge is 2.14. The highest BCUT2D eigenvalue weighted by atomic mass is 16.5. The smallest absolute Gasteiger partial charge is 0.322 e. The van der Waals surface area contributed by atoms with E-state index in [1.54, 1.807) is 0 Å². The SMILES string of the molecule is COC(=O)[C@@H](N)CC(C)C.COC(=O)[C@@H](N)Cc1ccccc1. The molecule has 2 atom stereocenters. The van der Waals surface area contributed by atoms with Crippen molar-refractivity contribution in [3.05, 3.63) is 35.9 Å². The van der Waals surface area contributed by atoms with Crippen molar-refractivity contribution in [1.29, 1.82) is 0 Å². The van der Waals surface area contributed by atoms with Crippen LogP contribution in [0.5, 0.6) is 0 Å². The molecule has 0 aliphatic rings. The van der Waals surface area contributed by atoms with Crippen molar-refractivity contribution in [1.82, 2.24) is 0 Å². The Morgan fingerprint density at radius 3 is 1.87 bits per heavy atom. The fourth-order valence-corrected chi connectivity index (χ4v) is 1.86. The molecule has 1 aromatic carbocycles. The van der Waals surface area contributed by atoms with Crippen LogP contribution in [0.1, 0.15) is 25.8 Å². The molecule has 1 rings (SSSR count). The van der Waals surface area contributed by atoms with Crippen molar-refractivity contribution < 1.29 is 19.1 Å². The fraction of sp³-hybridized carbons (Fsp3) is 0.529. The molecule has 0 radical (unpaired) electrons. The molecule has 6 nitrogen and oxygen atoms in total. The maximum atomic E-state index is 11.0. The molecule has 0 spiro atoms. The minimum atomic E-state index is -0.563. The largest absolute Gasteiger partial charge is 0.468 e. The van der Waals surface area contributed by atoms with Crippen LogP contribution in [0.25, 0.3) is 0 Å². The summed E-state index contributed by atoms with van der Waals surface area (Å²) >= 11 is 0. The lowest BCUT2D eigenvalue weighted by molar-refractivity contribution is -0.143. The van der Waals surface area contributed by atoms with Gasteiger partial charge in [-0.2, -0.15) is 0 Å². The van der Waals surface area contributed by atoms with E-state index in [0.717, 1.165) is 5.56 Å². The van der Waals surface area contributed by atoms with E-state index in [9.17, 15) is 9.59 Å².